The second-order valence-electron chi connectivity index (χ2n) is 4.35. The highest BCUT2D eigenvalue weighted by Crippen LogP contribution is 2.51. The molecule has 0 fully saturated rings. The number of hydrogen-bond donors (Lipinski definition) is 0. The van der Waals surface area contributed by atoms with Crippen LogP contribution in [0.3, 0.4) is 0 Å². The van der Waals surface area contributed by atoms with Crippen molar-refractivity contribution >= 4 is 0 Å². The van der Waals surface area contributed by atoms with Gasteiger partial charge in [-0.1, -0.05) is 0 Å². The first kappa shape index (κ1) is 21.1. The van der Waals surface area contributed by atoms with E-state index in [0.717, 1.165) is 0 Å². The lowest BCUT2D eigenvalue weighted by Crippen LogP contribution is -2.66. The summed E-state index contributed by atoms with van der Waals surface area (Å²) < 4.78 is 153. The third-order valence-electron chi connectivity index (χ3n) is 2.60. The van der Waals surface area contributed by atoms with Gasteiger partial charge in [-0.3, -0.25) is 0 Å². The van der Waals surface area contributed by atoms with Gasteiger partial charge in [-0.05, 0) is 13.8 Å². The summed E-state index contributed by atoms with van der Waals surface area (Å²) in [7, 11) is 0. The fourth-order valence-corrected chi connectivity index (χ4v) is 1.14. The molecule has 0 radical (unpaired) electrons. The predicted molar refractivity (Wildman–Crippen MR) is 47.0 cm³/mol. The Morgan fingerprint density at radius 2 is 1.09 bits per heavy atom. The van der Waals surface area contributed by atoms with Gasteiger partial charge in [0.05, 0.1) is 0 Å². The maximum atomic E-state index is 13.8. The van der Waals surface area contributed by atoms with Gasteiger partial charge in [0.2, 0.25) is 0 Å². The Morgan fingerprint density at radius 1 is 0.727 bits per heavy atom. The van der Waals surface area contributed by atoms with Crippen molar-refractivity contribution in [3.05, 3.63) is 0 Å². The molecule has 0 heterocycles. The summed E-state index contributed by atoms with van der Waals surface area (Å²) in [6.45, 7) is -1.10. The van der Waals surface area contributed by atoms with Crippen LogP contribution in [-0.2, 0) is 4.74 Å². The van der Waals surface area contributed by atoms with Crippen LogP contribution in [0.1, 0.15) is 13.8 Å². The van der Waals surface area contributed by atoms with Crippen LogP contribution >= 0.6 is 0 Å². The molecule has 0 amide bonds. The molecule has 0 aromatic carbocycles. The van der Waals surface area contributed by atoms with Crippen molar-refractivity contribution < 1.29 is 57.4 Å². The van der Waals surface area contributed by atoms with Crippen LogP contribution in [0.25, 0.3) is 0 Å². The molecule has 0 aromatic heterocycles. The number of rotatable bonds is 4. The molecule has 0 spiro atoms. The molecule has 0 aliphatic carbocycles. The van der Waals surface area contributed by atoms with Crippen molar-refractivity contribution in [1.29, 1.82) is 0 Å². The number of halogens is 12. The van der Waals surface area contributed by atoms with Crippen LogP contribution in [0.5, 0.6) is 0 Å². The smallest absolute Gasteiger partial charge is 0.328 e. The molecule has 0 aliphatic heterocycles. The van der Waals surface area contributed by atoms with Gasteiger partial charge in [0.1, 0.15) is 0 Å². The van der Waals surface area contributed by atoms with Crippen molar-refractivity contribution in [1.82, 2.24) is 0 Å². The van der Waals surface area contributed by atoms with Gasteiger partial charge < -0.3 is 4.74 Å². The summed E-state index contributed by atoms with van der Waals surface area (Å²) in [4.78, 5) is 0. The lowest BCUT2D eigenvalue weighted by atomic mass is 9.92. The quantitative estimate of drug-likeness (QED) is 0.654. The molecular formula is C9H8F12O. The zero-order valence-electron chi connectivity index (χ0n) is 10.6. The van der Waals surface area contributed by atoms with Gasteiger partial charge in [0.25, 0.3) is 17.7 Å². The fraction of sp³-hybridized carbons (Fsp3) is 1.00. The van der Waals surface area contributed by atoms with Crippen LogP contribution in [0.2, 0.25) is 0 Å². The first-order valence-corrected chi connectivity index (χ1v) is 5.18. The van der Waals surface area contributed by atoms with Gasteiger partial charge in [-0.15, -0.1) is 0 Å². The van der Waals surface area contributed by atoms with Crippen molar-refractivity contribution in [2.75, 3.05) is 0 Å². The highest BCUT2D eigenvalue weighted by Gasteiger charge is 2.76. The maximum Gasteiger partial charge on any atom is 0.428 e. The second kappa shape index (κ2) is 5.64. The number of hydrogen-bond acceptors (Lipinski definition) is 1. The average Bonchev–Trinajstić information content (AvgIpc) is 2.23. The topological polar surface area (TPSA) is 9.23 Å². The Bertz CT molecular complexity index is 380. The molecule has 0 saturated carbocycles. The Balaban J connectivity index is 6.02. The van der Waals surface area contributed by atoms with Gasteiger partial charge >= 0.3 is 18.5 Å². The van der Waals surface area contributed by atoms with Gasteiger partial charge in [-0.2, -0.15) is 39.5 Å². The highest BCUT2D eigenvalue weighted by molar-refractivity contribution is 5.04. The predicted octanol–water partition coefficient (Wildman–Crippen LogP) is 4.81. The lowest BCUT2D eigenvalue weighted by Gasteiger charge is -2.41. The van der Waals surface area contributed by atoms with E-state index in [4.69, 9.17) is 0 Å². The fourth-order valence-electron chi connectivity index (χ4n) is 1.14. The normalized spacial score (nSPS) is 22.6. The summed E-state index contributed by atoms with van der Waals surface area (Å²) in [5, 5.41) is 0. The first-order valence-electron chi connectivity index (χ1n) is 5.18. The van der Waals surface area contributed by atoms with Crippen molar-refractivity contribution in [2.24, 2.45) is 0 Å². The van der Waals surface area contributed by atoms with E-state index in [-0.39, 0.29) is 6.92 Å². The third-order valence-corrected chi connectivity index (χ3v) is 2.60. The van der Waals surface area contributed by atoms with E-state index in [1.807, 2.05) is 0 Å². The lowest BCUT2D eigenvalue weighted by molar-refractivity contribution is -0.399. The van der Waals surface area contributed by atoms with Gasteiger partial charge in [-0.25, -0.2) is 13.2 Å². The van der Waals surface area contributed by atoms with E-state index in [1.54, 1.807) is 0 Å². The summed E-state index contributed by atoms with van der Waals surface area (Å²) in [6, 6.07) is 0. The molecule has 3 unspecified atom stereocenters. The molecule has 0 bridgehead atoms. The summed E-state index contributed by atoms with van der Waals surface area (Å²) in [5.41, 5.74) is -5.71. The molecule has 1 nitrogen and oxygen atoms in total. The molecular weight excluding hydrogens is 352 g/mol. The average molecular weight is 360 g/mol. The van der Waals surface area contributed by atoms with E-state index in [0.29, 0.717) is 0 Å². The summed E-state index contributed by atoms with van der Waals surface area (Å²) in [6.07, 6.45) is -27.6. The molecule has 0 N–H and O–H groups in total. The molecule has 0 aromatic rings. The third kappa shape index (κ3) is 3.90. The van der Waals surface area contributed by atoms with Crippen LogP contribution in [-0.4, -0.2) is 42.3 Å². The Hall–Kier alpha value is -0.880. The van der Waals surface area contributed by atoms with Crippen LogP contribution in [0, 0.1) is 0 Å². The van der Waals surface area contributed by atoms with Crippen molar-refractivity contribution in [3.63, 3.8) is 0 Å². The second-order valence-corrected chi connectivity index (χ2v) is 4.35. The zero-order chi connectivity index (χ0) is 18.4. The van der Waals surface area contributed by atoms with E-state index < -0.39 is 49.3 Å². The minimum absolute atomic E-state index is 0.204. The van der Waals surface area contributed by atoms with E-state index in [2.05, 4.69) is 4.74 Å². The largest absolute Gasteiger partial charge is 0.428 e. The first-order chi connectivity index (χ1) is 9.28. The zero-order valence-corrected chi connectivity index (χ0v) is 10.6. The number of alkyl halides is 12. The molecule has 0 rings (SSSR count). The van der Waals surface area contributed by atoms with Gasteiger partial charge in [0.15, 0.2) is 6.10 Å². The minimum atomic E-state index is -6.48. The van der Waals surface area contributed by atoms with Crippen LogP contribution in [0.15, 0.2) is 0 Å². The van der Waals surface area contributed by atoms with Crippen LogP contribution in [0.4, 0.5) is 52.7 Å². The summed E-state index contributed by atoms with van der Waals surface area (Å²) >= 11 is 0. The molecule has 13 heteroatoms. The maximum absolute atomic E-state index is 13.8. The van der Waals surface area contributed by atoms with Crippen LogP contribution < -0.4 is 0 Å². The molecule has 4 atom stereocenters. The summed E-state index contributed by atoms with van der Waals surface area (Å²) in [5.74, 6) is -6.00. The highest BCUT2D eigenvalue weighted by atomic mass is 19.4. The Kier molecular flexibility index (Phi) is 5.41. The van der Waals surface area contributed by atoms with E-state index in [1.165, 1.54) is 0 Å². The van der Waals surface area contributed by atoms with Crippen molar-refractivity contribution in [2.45, 2.75) is 56.2 Å². The molecule has 0 aliphatic rings. The van der Waals surface area contributed by atoms with E-state index in [9.17, 15) is 52.7 Å². The minimum Gasteiger partial charge on any atom is -0.328 e. The molecule has 134 valence electrons. The van der Waals surface area contributed by atoms with Crippen molar-refractivity contribution in [3.8, 4) is 0 Å². The Morgan fingerprint density at radius 3 is 1.32 bits per heavy atom. The number of ether oxygens (including phenoxy) is 1. The SMILES string of the molecule is CC(OC(F)(C(F)C(F)(F)F)[C@@](C)(F)C(F)(F)F)C(F)(F)F. The monoisotopic (exact) mass is 360 g/mol. The molecule has 22 heavy (non-hydrogen) atoms. The van der Waals surface area contributed by atoms with E-state index >= 15 is 0 Å². The standard InChI is InChI=1S/C9H8F12O/c1-3(7(13,14)15)22-6(12,4(10)8(16,17)18)5(2,11)9(19,20)21/h3-4H,1-2H3/t3?,4?,5-,6?/m1/s1. The molecule has 0 saturated heterocycles. The Labute approximate surface area is 115 Å². The van der Waals surface area contributed by atoms with Gasteiger partial charge in [0, 0.05) is 0 Å².